The SMILES string of the molecule is O=C(CSc1nnc(-c2ccccc2)c2ccccc12)NC(=O)NC1CC1. The van der Waals surface area contributed by atoms with Gasteiger partial charge in [-0.1, -0.05) is 66.4 Å². The lowest BCUT2D eigenvalue weighted by Crippen LogP contribution is -2.41. The topological polar surface area (TPSA) is 84.0 Å². The molecule has 0 aliphatic heterocycles. The summed E-state index contributed by atoms with van der Waals surface area (Å²) in [4.78, 5) is 23.7. The van der Waals surface area contributed by atoms with E-state index in [9.17, 15) is 9.59 Å². The van der Waals surface area contributed by atoms with Gasteiger partial charge in [0.1, 0.15) is 10.7 Å². The number of fused-ring (bicyclic) bond motifs is 1. The van der Waals surface area contributed by atoms with Gasteiger partial charge in [-0.15, -0.1) is 10.2 Å². The number of aromatic nitrogens is 2. The van der Waals surface area contributed by atoms with Crippen LogP contribution in [0.5, 0.6) is 0 Å². The van der Waals surface area contributed by atoms with Crippen molar-refractivity contribution in [3.05, 3.63) is 54.6 Å². The lowest BCUT2D eigenvalue weighted by Gasteiger charge is -2.09. The third-order valence-electron chi connectivity index (χ3n) is 4.21. The molecule has 136 valence electrons. The first-order chi connectivity index (χ1) is 13.2. The maximum Gasteiger partial charge on any atom is 0.321 e. The molecular weight excluding hydrogens is 360 g/mol. The zero-order chi connectivity index (χ0) is 18.6. The number of nitrogens with one attached hydrogen (secondary N) is 2. The number of benzene rings is 2. The van der Waals surface area contributed by atoms with Gasteiger partial charge in [-0.2, -0.15) is 0 Å². The fourth-order valence-corrected chi connectivity index (χ4v) is 3.51. The second-order valence-corrected chi connectivity index (χ2v) is 7.31. The Morgan fingerprint density at radius 3 is 2.41 bits per heavy atom. The van der Waals surface area contributed by atoms with E-state index in [-0.39, 0.29) is 17.7 Å². The van der Waals surface area contributed by atoms with E-state index < -0.39 is 6.03 Å². The van der Waals surface area contributed by atoms with Crippen molar-refractivity contribution < 1.29 is 9.59 Å². The Morgan fingerprint density at radius 1 is 0.963 bits per heavy atom. The molecule has 3 aromatic rings. The first-order valence-electron chi connectivity index (χ1n) is 8.75. The van der Waals surface area contributed by atoms with Crippen molar-refractivity contribution in [3.8, 4) is 11.3 Å². The molecule has 27 heavy (non-hydrogen) atoms. The summed E-state index contributed by atoms with van der Waals surface area (Å²) in [6.07, 6.45) is 1.96. The number of hydrogen-bond donors (Lipinski definition) is 2. The van der Waals surface area contributed by atoms with Gasteiger partial charge in [0.05, 0.1) is 5.75 Å². The highest BCUT2D eigenvalue weighted by atomic mass is 32.2. The van der Waals surface area contributed by atoms with E-state index in [2.05, 4.69) is 20.8 Å². The molecule has 2 aromatic carbocycles. The predicted octanol–water partition coefficient (Wildman–Crippen LogP) is 3.38. The van der Waals surface area contributed by atoms with Crippen molar-refractivity contribution in [1.29, 1.82) is 0 Å². The second-order valence-electron chi connectivity index (χ2n) is 6.35. The lowest BCUT2D eigenvalue weighted by atomic mass is 10.1. The van der Waals surface area contributed by atoms with Gasteiger partial charge in [-0.25, -0.2) is 4.79 Å². The van der Waals surface area contributed by atoms with Crippen LogP contribution in [0.15, 0.2) is 59.6 Å². The van der Waals surface area contributed by atoms with Gasteiger partial charge in [-0.05, 0) is 12.8 Å². The van der Waals surface area contributed by atoms with Crippen LogP contribution in [-0.4, -0.2) is 33.9 Å². The van der Waals surface area contributed by atoms with Crippen molar-refractivity contribution in [2.45, 2.75) is 23.9 Å². The minimum Gasteiger partial charge on any atom is -0.335 e. The summed E-state index contributed by atoms with van der Waals surface area (Å²) in [5.74, 6) is -0.252. The molecule has 6 nitrogen and oxygen atoms in total. The first-order valence-corrected chi connectivity index (χ1v) is 9.73. The average molecular weight is 378 g/mol. The van der Waals surface area contributed by atoms with Crippen LogP contribution in [0.1, 0.15) is 12.8 Å². The van der Waals surface area contributed by atoms with Crippen LogP contribution in [0.2, 0.25) is 0 Å². The minimum absolute atomic E-state index is 0.0987. The van der Waals surface area contributed by atoms with Gasteiger partial charge < -0.3 is 5.32 Å². The number of nitrogens with zero attached hydrogens (tertiary/aromatic N) is 2. The summed E-state index contributed by atoms with van der Waals surface area (Å²) < 4.78 is 0. The summed E-state index contributed by atoms with van der Waals surface area (Å²) in [6.45, 7) is 0. The Hall–Kier alpha value is -2.93. The van der Waals surface area contributed by atoms with Crippen LogP contribution < -0.4 is 10.6 Å². The zero-order valence-corrected chi connectivity index (χ0v) is 15.3. The zero-order valence-electron chi connectivity index (χ0n) is 14.5. The normalized spacial score (nSPS) is 13.3. The number of amides is 3. The fourth-order valence-electron chi connectivity index (χ4n) is 2.74. The third-order valence-corrected chi connectivity index (χ3v) is 5.19. The molecule has 0 radical (unpaired) electrons. The molecule has 1 aliphatic rings. The second kappa shape index (κ2) is 7.75. The van der Waals surface area contributed by atoms with Crippen LogP contribution in [0.4, 0.5) is 4.79 Å². The summed E-state index contributed by atoms with van der Waals surface area (Å²) in [6, 6.07) is 17.5. The minimum atomic E-state index is -0.432. The van der Waals surface area contributed by atoms with E-state index in [4.69, 9.17) is 0 Å². The first kappa shape index (κ1) is 17.5. The lowest BCUT2D eigenvalue weighted by molar-refractivity contribution is -0.117. The molecule has 4 rings (SSSR count). The van der Waals surface area contributed by atoms with Crippen LogP contribution in [0, 0.1) is 0 Å². The van der Waals surface area contributed by atoms with Crippen molar-refractivity contribution in [2.24, 2.45) is 0 Å². The number of imide groups is 1. The Balaban J connectivity index is 1.51. The molecule has 0 atom stereocenters. The molecular formula is C20H18N4O2S. The monoisotopic (exact) mass is 378 g/mol. The largest absolute Gasteiger partial charge is 0.335 e. The van der Waals surface area contributed by atoms with Crippen LogP contribution in [-0.2, 0) is 4.79 Å². The van der Waals surface area contributed by atoms with Crippen LogP contribution in [0.25, 0.3) is 22.0 Å². The quantitative estimate of drug-likeness (QED) is 0.665. The van der Waals surface area contributed by atoms with Crippen LogP contribution in [0.3, 0.4) is 0 Å². The number of carbonyl (C=O) groups is 2. The number of urea groups is 1. The maximum absolute atomic E-state index is 12.0. The summed E-state index contributed by atoms with van der Waals surface area (Å²) in [5, 5.41) is 16.4. The van der Waals surface area contributed by atoms with Gasteiger partial charge in [0.25, 0.3) is 0 Å². The van der Waals surface area contributed by atoms with Gasteiger partial charge in [-0.3, -0.25) is 10.1 Å². The maximum atomic E-state index is 12.0. The third kappa shape index (κ3) is 4.25. The van der Waals surface area contributed by atoms with E-state index in [0.717, 1.165) is 34.9 Å². The van der Waals surface area contributed by atoms with Gasteiger partial charge in [0.15, 0.2) is 0 Å². The fraction of sp³-hybridized carbons (Fsp3) is 0.200. The van der Waals surface area contributed by atoms with E-state index in [1.165, 1.54) is 11.8 Å². The predicted molar refractivity (Wildman–Crippen MR) is 105 cm³/mol. The molecule has 1 aromatic heterocycles. The highest BCUT2D eigenvalue weighted by Crippen LogP contribution is 2.31. The Kier molecular flexibility index (Phi) is 5.02. The molecule has 1 heterocycles. The molecule has 1 aliphatic carbocycles. The Morgan fingerprint density at radius 2 is 1.67 bits per heavy atom. The molecule has 0 saturated heterocycles. The van der Waals surface area contributed by atoms with Crippen molar-refractivity contribution in [2.75, 3.05) is 5.75 Å². The van der Waals surface area contributed by atoms with Crippen LogP contribution >= 0.6 is 11.8 Å². The van der Waals surface area contributed by atoms with E-state index in [1.807, 2.05) is 54.6 Å². The molecule has 3 amide bonds. The number of hydrogen-bond acceptors (Lipinski definition) is 5. The molecule has 0 bridgehead atoms. The molecule has 1 saturated carbocycles. The van der Waals surface area contributed by atoms with E-state index in [1.54, 1.807) is 0 Å². The summed E-state index contributed by atoms with van der Waals surface area (Å²) in [5.41, 5.74) is 1.80. The number of thioether (sulfide) groups is 1. The molecule has 1 fully saturated rings. The summed E-state index contributed by atoms with van der Waals surface area (Å²) >= 11 is 1.27. The van der Waals surface area contributed by atoms with Crippen molar-refractivity contribution >= 4 is 34.5 Å². The highest BCUT2D eigenvalue weighted by molar-refractivity contribution is 8.00. The summed E-state index contributed by atoms with van der Waals surface area (Å²) in [7, 11) is 0. The Labute approximate surface area is 160 Å². The molecule has 7 heteroatoms. The van der Waals surface area contributed by atoms with Crippen molar-refractivity contribution in [3.63, 3.8) is 0 Å². The Bertz CT molecular complexity index is 990. The average Bonchev–Trinajstić information content (AvgIpc) is 3.50. The van der Waals surface area contributed by atoms with Gasteiger partial charge in [0, 0.05) is 22.4 Å². The smallest absolute Gasteiger partial charge is 0.321 e. The molecule has 0 unspecified atom stereocenters. The van der Waals surface area contributed by atoms with E-state index in [0.29, 0.717) is 5.03 Å². The molecule has 0 spiro atoms. The highest BCUT2D eigenvalue weighted by Gasteiger charge is 2.24. The van der Waals surface area contributed by atoms with E-state index >= 15 is 0 Å². The standard InChI is InChI=1S/C20H18N4O2S/c25-17(22-20(26)21-14-10-11-14)12-27-19-16-9-5-4-8-15(16)18(23-24-19)13-6-2-1-3-7-13/h1-9,14H,10-12H2,(H2,21,22,25,26). The molecule has 2 N–H and O–H groups in total. The number of carbonyl (C=O) groups excluding carboxylic acids is 2. The van der Waals surface area contributed by atoms with Crippen molar-refractivity contribution in [1.82, 2.24) is 20.8 Å². The number of rotatable bonds is 5. The van der Waals surface area contributed by atoms with Gasteiger partial charge in [0.2, 0.25) is 5.91 Å². The van der Waals surface area contributed by atoms with Gasteiger partial charge >= 0.3 is 6.03 Å².